The molecule has 3 aromatic rings. The number of carbonyl (C=O) groups excluding carboxylic acids is 2. The first-order valence-corrected chi connectivity index (χ1v) is 11.8. The fraction of sp³-hybridized carbons (Fsp3) is 0.214. The molecule has 1 aliphatic heterocycles. The van der Waals surface area contributed by atoms with Crippen molar-refractivity contribution in [3.05, 3.63) is 99.2 Å². The Balaban J connectivity index is 1.55. The van der Waals surface area contributed by atoms with E-state index in [4.69, 9.17) is 21.1 Å². The quantitative estimate of drug-likeness (QED) is 0.309. The van der Waals surface area contributed by atoms with Gasteiger partial charge in [-0.25, -0.2) is 4.79 Å². The molecule has 6 nitrogen and oxygen atoms in total. The molecule has 3 aromatic carbocycles. The van der Waals surface area contributed by atoms with Gasteiger partial charge < -0.3 is 14.8 Å². The Hall–Kier alpha value is -3.77. The minimum absolute atomic E-state index is 0.176. The molecule has 0 bridgehead atoms. The highest BCUT2D eigenvalue weighted by molar-refractivity contribution is 6.32. The Labute approximate surface area is 210 Å². The fourth-order valence-electron chi connectivity index (χ4n) is 3.91. The van der Waals surface area contributed by atoms with E-state index < -0.39 is 11.9 Å². The lowest BCUT2D eigenvalue weighted by Crippen LogP contribution is -2.30. The van der Waals surface area contributed by atoms with Crippen molar-refractivity contribution in [2.24, 2.45) is 0 Å². The monoisotopic (exact) mass is 490 g/mol. The number of carbonyl (C=O) groups is 2. The Morgan fingerprint density at radius 1 is 0.943 bits per heavy atom. The van der Waals surface area contributed by atoms with Gasteiger partial charge in [0.05, 0.1) is 18.2 Å². The van der Waals surface area contributed by atoms with Crippen LogP contribution in [0.3, 0.4) is 0 Å². The van der Waals surface area contributed by atoms with Gasteiger partial charge in [0, 0.05) is 0 Å². The number of nitrogens with zero attached hydrogens (tertiary/aromatic N) is 1. The van der Waals surface area contributed by atoms with Gasteiger partial charge >= 0.3 is 6.03 Å². The molecule has 180 valence electrons. The fourth-order valence-corrected chi connectivity index (χ4v) is 4.18. The molecule has 1 N–H and O–H groups in total. The molecule has 1 saturated heterocycles. The number of ether oxygens (including phenoxy) is 2. The lowest BCUT2D eigenvalue weighted by molar-refractivity contribution is -0.123. The number of hydrogen-bond donors (Lipinski definition) is 1. The average Bonchev–Trinajstić information content (AvgIpc) is 3.06. The number of amides is 3. The van der Waals surface area contributed by atoms with Crippen LogP contribution in [0.25, 0.3) is 6.08 Å². The van der Waals surface area contributed by atoms with Crippen LogP contribution in [-0.4, -0.2) is 23.4 Å². The highest BCUT2D eigenvalue weighted by atomic mass is 35.5. The van der Waals surface area contributed by atoms with Crippen molar-refractivity contribution in [2.45, 2.75) is 33.9 Å². The molecular formula is C28H27ClN2O4. The Morgan fingerprint density at radius 2 is 1.63 bits per heavy atom. The molecular weight excluding hydrogens is 464 g/mol. The zero-order valence-corrected chi connectivity index (χ0v) is 20.7. The zero-order chi connectivity index (χ0) is 24.9. The van der Waals surface area contributed by atoms with Gasteiger partial charge in [-0.1, -0.05) is 71.3 Å². The summed E-state index contributed by atoms with van der Waals surface area (Å²) in [7, 11) is 0. The third kappa shape index (κ3) is 5.84. The number of halogens is 1. The van der Waals surface area contributed by atoms with E-state index in [1.807, 2.05) is 69.3 Å². The molecule has 0 atom stereocenters. The Kier molecular flexibility index (Phi) is 7.42. The van der Waals surface area contributed by atoms with Crippen LogP contribution in [0.2, 0.25) is 5.02 Å². The molecule has 0 aliphatic carbocycles. The summed E-state index contributed by atoms with van der Waals surface area (Å²) in [6.45, 7) is 6.80. The smallest absolute Gasteiger partial charge is 0.329 e. The van der Waals surface area contributed by atoms with Crippen molar-refractivity contribution < 1.29 is 19.1 Å². The van der Waals surface area contributed by atoms with Gasteiger partial charge in [0.25, 0.3) is 5.91 Å². The second kappa shape index (κ2) is 10.7. The first-order valence-electron chi connectivity index (χ1n) is 11.4. The average molecular weight is 491 g/mol. The molecule has 1 aliphatic rings. The Morgan fingerprint density at radius 3 is 2.31 bits per heavy atom. The van der Waals surface area contributed by atoms with E-state index >= 15 is 0 Å². The summed E-state index contributed by atoms with van der Waals surface area (Å²) in [5.74, 6) is 0.498. The minimum atomic E-state index is -0.461. The van der Waals surface area contributed by atoms with Gasteiger partial charge in [0.1, 0.15) is 12.3 Å². The van der Waals surface area contributed by atoms with Crippen molar-refractivity contribution >= 4 is 29.6 Å². The topological polar surface area (TPSA) is 67.9 Å². The van der Waals surface area contributed by atoms with Crippen LogP contribution >= 0.6 is 11.6 Å². The molecule has 4 rings (SSSR count). The molecule has 7 heteroatoms. The number of imide groups is 1. The third-order valence-corrected chi connectivity index (χ3v) is 5.77. The maximum absolute atomic E-state index is 12.9. The van der Waals surface area contributed by atoms with E-state index in [1.54, 1.807) is 18.2 Å². The second-order valence-corrected chi connectivity index (χ2v) is 8.82. The first-order chi connectivity index (χ1) is 16.8. The number of hydrogen-bond acceptors (Lipinski definition) is 4. The van der Waals surface area contributed by atoms with E-state index in [2.05, 4.69) is 5.32 Å². The second-order valence-electron chi connectivity index (χ2n) is 8.41. The molecule has 1 fully saturated rings. The van der Waals surface area contributed by atoms with Gasteiger partial charge in [-0.3, -0.25) is 9.69 Å². The maximum atomic E-state index is 12.9. The number of rotatable bonds is 8. The normalized spacial score (nSPS) is 14.4. The molecule has 1 heterocycles. The highest BCUT2D eigenvalue weighted by Crippen LogP contribution is 2.38. The number of aryl methyl sites for hydroxylation is 2. The lowest BCUT2D eigenvalue weighted by atomic mass is 10.1. The SMILES string of the molecule is CCOc1cc(/C=C2/NC(=O)N(Cc3cccc(C)c3)C2=O)cc(Cl)c1OCc1cccc(C)c1. The highest BCUT2D eigenvalue weighted by Gasteiger charge is 2.33. The molecule has 3 amide bonds. The maximum Gasteiger partial charge on any atom is 0.329 e. The molecule has 0 saturated carbocycles. The van der Waals surface area contributed by atoms with Gasteiger partial charge in [0.2, 0.25) is 0 Å². The van der Waals surface area contributed by atoms with Crippen molar-refractivity contribution in [3.63, 3.8) is 0 Å². The summed E-state index contributed by atoms with van der Waals surface area (Å²) in [4.78, 5) is 26.6. The summed E-state index contributed by atoms with van der Waals surface area (Å²) >= 11 is 6.55. The van der Waals surface area contributed by atoms with Crippen LogP contribution < -0.4 is 14.8 Å². The summed E-state index contributed by atoms with van der Waals surface area (Å²) in [5, 5.41) is 3.01. The van der Waals surface area contributed by atoms with Crippen molar-refractivity contribution in [2.75, 3.05) is 6.61 Å². The van der Waals surface area contributed by atoms with Crippen LogP contribution in [0.5, 0.6) is 11.5 Å². The minimum Gasteiger partial charge on any atom is -0.490 e. The third-order valence-electron chi connectivity index (χ3n) is 5.49. The van der Waals surface area contributed by atoms with E-state index in [0.29, 0.717) is 35.3 Å². The summed E-state index contributed by atoms with van der Waals surface area (Å²) < 4.78 is 11.8. The van der Waals surface area contributed by atoms with Crippen LogP contribution in [0.4, 0.5) is 4.79 Å². The van der Waals surface area contributed by atoms with Crippen molar-refractivity contribution in [1.29, 1.82) is 0 Å². The van der Waals surface area contributed by atoms with Crippen LogP contribution in [0, 0.1) is 13.8 Å². The van der Waals surface area contributed by atoms with E-state index in [-0.39, 0.29) is 12.2 Å². The van der Waals surface area contributed by atoms with Crippen LogP contribution in [0.1, 0.15) is 34.7 Å². The van der Waals surface area contributed by atoms with Crippen LogP contribution in [-0.2, 0) is 17.9 Å². The van der Waals surface area contributed by atoms with Gasteiger partial charge in [-0.2, -0.15) is 0 Å². The van der Waals surface area contributed by atoms with E-state index in [0.717, 1.165) is 22.3 Å². The lowest BCUT2D eigenvalue weighted by Gasteiger charge is -2.15. The largest absolute Gasteiger partial charge is 0.490 e. The van der Waals surface area contributed by atoms with E-state index in [9.17, 15) is 9.59 Å². The van der Waals surface area contributed by atoms with Gasteiger partial charge in [-0.15, -0.1) is 0 Å². The predicted molar refractivity (Wildman–Crippen MR) is 136 cm³/mol. The summed E-state index contributed by atoms with van der Waals surface area (Å²) in [6, 6.07) is 18.7. The molecule has 35 heavy (non-hydrogen) atoms. The molecule has 0 unspecified atom stereocenters. The molecule has 0 radical (unpaired) electrons. The van der Waals surface area contributed by atoms with Crippen molar-refractivity contribution in [3.8, 4) is 11.5 Å². The van der Waals surface area contributed by atoms with Gasteiger partial charge in [-0.05, 0) is 55.7 Å². The zero-order valence-electron chi connectivity index (χ0n) is 19.9. The predicted octanol–water partition coefficient (Wildman–Crippen LogP) is 6.03. The number of benzene rings is 3. The molecule has 0 spiro atoms. The standard InChI is InChI=1S/C28H27ClN2O4/c1-4-34-25-15-22(13-23(29)26(25)35-17-21-10-6-8-19(3)12-21)14-24-27(32)31(28(33)30-24)16-20-9-5-7-18(2)11-20/h5-15H,4,16-17H2,1-3H3,(H,30,33)/b24-14+. The summed E-state index contributed by atoms with van der Waals surface area (Å²) in [5.41, 5.74) is 4.89. The van der Waals surface area contributed by atoms with E-state index in [1.165, 1.54) is 4.90 Å². The van der Waals surface area contributed by atoms with Gasteiger partial charge in [0.15, 0.2) is 11.5 Å². The molecule has 0 aromatic heterocycles. The number of nitrogens with one attached hydrogen (secondary N) is 1. The Bertz CT molecular complexity index is 1300. The number of urea groups is 1. The first kappa shape index (κ1) is 24.4. The van der Waals surface area contributed by atoms with Crippen LogP contribution in [0.15, 0.2) is 66.4 Å². The van der Waals surface area contributed by atoms with Crippen molar-refractivity contribution in [1.82, 2.24) is 10.2 Å². The summed E-state index contributed by atoms with van der Waals surface area (Å²) in [6.07, 6.45) is 1.59.